The highest BCUT2D eigenvalue weighted by Gasteiger charge is 2.11. The van der Waals surface area contributed by atoms with E-state index in [1.165, 1.54) is 47.2 Å². The van der Waals surface area contributed by atoms with E-state index in [-0.39, 0.29) is 21.9 Å². The summed E-state index contributed by atoms with van der Waals surface area (Å²) < 4.78 is 6.17. The van der Waals surface area contributed by atoms with Crippen molar-refractivity contribution in [2.75, 3.05) is 0 Å². The van der Waals surface area contributed by atoms with Crippen molar-refractivity contribution in [1.29, 1.82) is 0 Å². The minimum absolute atomic E-state index is 0.0205. The van der Waals surface area contributed by atoms with Crippen LogP contribution in [0.15, 0.2) is 45.6 Å². The quantitative estimate of drug-likeness (QED) is 0.491. The van der Waals surface area contributed by atoms with E-state index in [1.807, 2.05) is 0 Å². The lowest BCUT2D eigenvalue weighted by Crippen LogP contribution is -2.33. The molecule has 1 N–H and O–H groups in total. The number of nitro groups is 1. The second-order valence-corrected chi connectivity index (χ2v) is 5.06. The molecule has 0 saturated carbocycles. The second-order valence-electron chi connectivity index (χ2n) is 5.06. The first kappa shape index (κ1) is 16.0. The molecular formula is C16H10N3O6-. The Kier molecular flexibility index (Phi) is 3.82. The number of hydrogen-bond acceptors (Lipinski definition) is 6. The number of hydrogen-bond donors (Lipinski definition) is 1. The number of H-pyrrole nitrogens is 1. The van der Waals surface area contributed by atoms with Gasteiger partial charge in [0.15, 0.2) is 0 Å². The fraction of sp³-hybridized carbons (Fsp3) is 0. The molecule has 0 atom stereocenters. The number of furan rings is 1. The lowest BCUT2D eigenvalue weighted by atomic mass is 10.2. The molecule has 0 saturated heterocycles. The lowest BCUT2D eigenvalue weighted by molar-refractivity contribution is -0.402. The summed E-state index contributed by atoms with van der Waals surface area (Å²) in [6, 6.07) is 8.02. The molecule has 0 fully saturated rings. The maximum atomic E-state index is 12.5. The highest BCUT2D eigenvalue weighted by molar-refractivity contribution is 5.85. The van der Waals surface area contributed by atoms with Gasteiger partial charge in [-0.3, -0.25) is 20.0 Å². The number of aromatic nitrogens is 2. The summed E-state index contributed by atoms with van der Waals surface area (Å²) >= 11 is 0. The van der Waals surface area contributed by atoms with Crippen LogP contribution in [-0.2, 0) is 0 Å². The number of carboxylic acid groups (broad SMARTS) is 1. The number of aromatic carboxylic acids is 1. The molecule has 0 radical (unpaired) electrons. The van der Waals surface area contributed by atoms with Crippen molar-refractivity contribution in [3.8, 4) is 5.69 Å². The Balaban J connectivity index is 2.08. The number of carbonyl (C=O) groups excluding carboxylic acids is 1. The van der Waals surface area contributed by atoms with Crippen LogP contribution in [0, 0.1) is 10.1 Å². The normalized spacial score (nSPS) is 11.6. The topological polar surface area (TPSA) is 134 Å². The van der Waals surface area contributed by atoms with Gasteiger partial charge < -0.3 is 14.3 Å². The number of carboxylic acids is 1. The van der Waals surface area contributed by atoms with Crippen LogP contribution in [0.25, 0.3) is 18.3 Å². The SMILES string of the molecule is C=c1[nH]n(-c2ccc(C(=O)[O-])cc2)c(=O)c1=Cc1ccc([N+](=O)[O-])o1. The van der Waals surface area contributed by atoms with E-state index in [0.29, 0.717) is 5.69 Å². The number of nitrogens with one attached hydrogen (secondary N) is 1. The summed E-state index contributed by atoms with van der Waals surface area (Å²) in [4.78, 5) is 33.2. The third-order valence-corrected chi connectivity index (χ3v) is 3.45. The molecule has 2 aromatic heterocycles. The van der Waals surface area contributed by atoms with Crippen LogP contribution in [0.4, 0.5) is 5.88 Å². The number of rotatable bonds is 4. The van der Waals surface area contributed by atoms with Crippen LogP contribution in [0.2, 0.25) is 0 Å². The highest BCUT2D eigenvalue weighted by atomic mass is 16.6. The van der Waals surface area contributed by atoms with Crippen molar-refractivity contribution in [1.82, 2.24) is 9.78 Å². The Morgan fingerprint density at radius 3 is 2.48 bits per heavy atom. The molecule has 0 unspecified atom stereocenters. The van der Waals surface area contributed by atoms with Crippen LogP contribution in [0.3, 0.4) is 0 Å². The van der Waals surface area contributed by atoms with E-state index >= 15 is 0 Å². The predicted octanol–water partition coefficient (Wildman–Crippen LogP) is -0.731. The molecular weight excluding hydrogens is 330 g/mol. The summed E-state index contributed by atoms with van der Waals surface area (Å²) in [5.41, 5.74) is -0.0943. The average Bonchev–Trinajstić information content (AvgIpc) is 3.15. The molecule has 0 bridgehead atoms. The fourth-order valence-corrected chi connectivity index (χ4v) is 2.23. The summed E-state index contributed by atoms with van der Waals surface area (Å²) in [6.45, 7) is 3.72. The molecule has 0 amide bonds. The first-order valence-corrected chi connectivity index (χ1v) is 6.94. The van der Waals surface area contributed by atoms with Gasteiger partial charge in [0, 0.05) is 0 Å². The van der Waals surface area contributed by atoms with Crippen LogP contribution in [-0.4, -0.2) is 20.7 Å². The minimum Gasteiger partial charge on any atom is -0.545 e. The molecule has 9 nitrogen and oxygen atoms in total. The fourth-order valence-electron chi connectivity index (χ4n) is 2.23. The monoisotopic (exact) mass is 340 g/mol. The first-order chi connectivity index (χ1) is 11.9. The van der Waals surface area contributed by atoms with Crippen LogP contribution in [0.1, 0.15) is 16.1 Å². The molecule has 25 heavy (non-hydrogen) atoms. The van der Waals surface area contributed by atoms with Gasteiger partial charge in [-0.15, -0.1) is 0 Å². The summed E-state index contributed by atoms with van der Waals surface area (Å²) in [5.74, 6) is -1.63. The van der Waals surface area contributed by atoms with E-state index in [0.717, 1.165) is 0 Å². The van der Waals surface area contributed by atoms with Crippen molar-refractivity contribution in [2.24, 2.45) is 0 Å². The Hall–Kier alpha value is -3.88. The molecule has 0 aliphatic carbocycles. The van der Waals surface area contributed by atoms with Crippen LogP contribution < -0.4 is 21.2 Å². The largest absolute Gasteiger partial charge is 0.545 e. The number of nitrogens with zero attached hydrogens (tertiary/aromatic N) is 2. The molecule has 2 heterocycles. The van der Waals surface area contributed by atoms with Gasteiger partial charge in [0.2, 0.25) is 0 Å². The van der Waals surface area contributed by atoms with Gasteiger partial charge in [-0.25, -0.2) is 4.68 Å². The molecule has 9 heteroatoms. The molecule has 3 rings (SSSR count). The van der Waals surface area contributed by atoms with Crippen LogP contribution in [0.5, 0.6) is 0 Å². The third-order valence-electron chi connectivity index (χ3n) is 3.45. The van der Waals surface area contributed by atoms with Gasteiger partial charge in [0.05, 0.1) is 28.3 Å². The standard InChI is InChI=1S/C16H11N3O6/c1-9-13(8-12-6-7-14(25-12)19(23)24)15(20)18(17-9)11-4-2-10(3-5-11)16(21)22/h2-8,17H,1H2,(H,21,22)/p-1. The van der Waals surface area contributed by atoms with Crippen LogP contribution >= 0.6 is 0 Å². The second kappa shape index (κ2) is 5.96. The molecule has 0 aliphatic rings. The van der Waals surface area contributed by atoms with E-state index in [4.69, 9.17) is 4.42 Å². The predicted molar refractivity (Wildman–Crippen MR) is 84.4 cm³/mol. The smallest absolute Gasteiger partial charge is 0.433 e. The Morgan fingerprint density at radius 1 is 1.24 bits per heavy atom. The van der Waals surface area contributed by atoms with Gasteiger partial charge in [-0.1, -0.05) is 18.7 Å². The van der Waals surface area contributed by atoms with Crippen molar-refractivity contribution in [2.45, 2.75) is 0 Å². The maximum Gasteiger partial charge on any atom is 0.433 e. The van der Waals surface area contributed by atoms with Crippen molar-refractivity contribution >= 4 is 24.5 Å². The van der Waals surface area contributed by atoms with Gasteiger partial charge in [0.1, 0.15) is 10.7 Å². The molecule has 0 aliphatic heterocycles. The third kappa shape index (κ3) is 2.98. The van der Waals surface area contributed by atoms with Gasteiger partial charge >= 0.3 is 5.88 Å². The summed E-state index contributed by atoms with van der Waals surface area (Å²) in [5, 5.41) is 24.6. The zero-order valence-electron chi connectivity index (χ0n) is 12.6. The minimum atomic E-state index is -1.32. The Bertz CT molecular complexity index is 1130. The molecule has 0 spiro atoms. The summed E-state index contributed by atoms with van der Waals surface area (Å²) in [7, 11) is 0. The highest BCUT2D eigenvalue weighted by Crippen LogP contribution is 2.15. The Morgan fingerprint density at radius 2 is 1.92 bits per heavy atom. The van der Waals surface area contributed by atoms with Crippen molar-refractivity contribution in [3.63, 3.8) is 0 Å². The molecule has 126 valence electrons. The van der Waals surface area contributed by atoms with Gasteiger partial charge in [-0.2, -0.15) is 0 Å². The van der Waals surface area contributed by atoms with Gasteiger partial charge in [-0.05, 0) is 29.8 Å². The van der Waals surface area contributed by atoms with E-state index in [9.17, 15) is 24.8 Å². The Labute approximate surface area is 138 Å². The zero-order valence-corrected chi connectivity index (χ0v) is 12.6. The zero-order chi connectivity index (χ0) is 18.1. The van der Waals surface area contributed by atoms with E-state index in [1.54, 1.807) is 0 Å². The lowest BCUT2D eigenvalue weighted by Gasteiger charge is -2.04. The van der Waals surface area contributed by atoms with Crippen molar-refractivity contribution in [3.05, 3.63) is 78.8 Å². The molecule has 3 aromatic rings. The number of aromatic amines is 1. The molecule has 1 aromatic carbocycles. The maximum absolute atomic E-state index is 12.5. The first-order valence-electron chi connectivity index (χ1n) is 6.94. The van der Waals surface area contributed by atoms with E-state index < -0.39 is 22.3 Å². The van der Waals surface area contributed by atoms with Gasteiger partial charge in [0.25, 0.3) is 5.56 Å². The number of benzene rings is 1. The summed E-state index contributed by atoms with van der Waals surface area (Å²) in [6.07, 6.45) is 1.33. The average molecular weight is 340 g/mol. The number of carbonyl (C=O) groups is 1. The van der Waals surface area contributed by atoms with Crippen molar-refractivity contribution < 1.29 is 19.2 Å². The van der Waals surface area contributed by atoms with E-state index in [2.05, 4.69) is 11.7 Å².